The fourth-order valence-corrected chi connectivity index (χ4v) is 7.70. The molecule has 0 radical (unpaired) electrons. The van der Waals surface area contributed by atoms with Crippen LogP contribution in [0.1, 0.15) is 51.4 Å². The van der Waals surface area contributed by atoms with Crippen molar-refractivity contribution in [3.05, 3.63) is 71.0 Å². The number of morpholine rings is 1. The lowest BCUT2D eigenvalue weighted by Crippen LogP contribution is -2.61. The number of hydrogen-bond donors (Lipinski definition) is 3. The van der Waals surface area contributed by atoms with Crippen LogP contribution < -0.4 is 5.32 Å². The Morgan fingerprint density at radius 1 is 0.980 bits per heavy atom. The van der Waals surface area contributed by atoms with E-state index in [2.05, 4.69) is 15.5 Å². The maximum atomic E-state index is 14.5. The van der Waals surface area contributed by atoms with Gasteiger partial charge in [-0.25, -0.2) is 0 Å². The number of aromatic nitrogens is 2. The molecule has 3 aliphatic rings. The molecule has 3 fully saturated rings. The summed E-state index contributed by atoms with van der Waals surface area (Å²) in [6.45, 7) is 3.67. The summed E-state index contributed by atoms with van der Waals surface area (Å²) in [5, 5.41) is 8.09. The SMILES string of the molecule is Cc1ccc2onc(C(=O)N3CC[C@H]4CC[C@@H](C(=O)N5CCOCC5)N4C(=O)[C@@H](NC(=O)c4ccc5ccc(CP(=O)(O)O)nc5c4)C3)c2c1. The first-order valence-electron chi connectivity index (χ1n) is 16.5. The van der Waals surface area contributed by atoms with Crippen molar-refractivity contribution < 1.29 is 42.8 Å². The molecular formula is C34H37N6O9P. The van der Waals surface area contributed by atoms with Crippen LogP contribution in [0.4, 0.5) is 0 Å². The second-order valence-corrected chi connectivity index (χ2v) is 14.7. The number of nitrogens with zero attached hydrogens (tertiary/aromatic N) is 5. The quantitative estimate of drug-likeness (QED) is 0.249. The van der Waals surface area contributed by atoms with Crippen LogP contribution >= 0.6 is 7.60 Å². The summed E-state index contributed by atoms with van der Waals surface area (Å²) in [5.41, 5.74) is 2.14. The number of pyridine rings is 1. The fourth-order valence-electron chi connectivity index (χ4n) is 7.10. The monoisotopic (exact) mass is 704 g/mol. The molecule has 3 atom stereocenters. The first-order valence-corrected chi connectivity index (χ1v) is 18.3. The molecule has 2 aromatic carbocycles. The summed E-state index contributed by atoms with van der Waals surface area (Å²) < 4.78 is 22.4. The third-order valence-electron chi connectivity index (χ3n) is 9.60. The minimum atomic E-state index is -4.37. The van der Waals surface area contributed by atoms with Gasteiger partial charge in [0, 0.05) is 36.6 Å². The summed E-state index contributed by atoms with van der Waals surface area (Å²) in [7, 11) is -4.37. The molecule has 0 bridgehead atoms. The zero-order chi connectivity index (χ0) is 35.2. The minimum Gasteiger partial charge on any atom is -0.378 e. The average Bonchev–Trinajstić information content (AvgIpc) is 3.71. The van der Waals surface area contributed by atoms with Crippen molar-refractivity contribution in [2.45, 2.75) is 50.5 Å². The average molecular weight is 705 g/mol. The molecule has 5 heterocycles. The molecule has 4 amide bonds. The van der Waals surface area contributed by atoms with Crippen LogP contribution in [0.25, 0.3) is 21.9 Å². The molecule has 0 saturated carbocycles. The summed E-state index contributed by atoms with van der Waals surface area (Å²) >= 11 is 0. The number of fused-ring (bicyclic) bond motifs is 3. The van der Waals surface area contributed by atoms with E-state index in [-0.39, 0.29) is 42.0 Å². The Morgan fingerprint density at radius 2 is 1.76 bits per heavy atom. The molecule has 262 valence electrons. The highest BCUT2D eigenvalue weighted by Crippen LogP contribution is 2.39. The van der Waals surface area contributed by atoms with E-state index in [0.717, 1.165) is 5.56 Å². The third kappa shape index (κ3) is 6.86. The summed E-state index contributed by atoms with van der Waals surface area (Å²) in [6.07, 6.45) is 0.908. The van der Waals surface area contributed by atoms with Gasteiger partial charge < -0.3 is 39.1 Å². The Hall–Kier alpha value is -4.69. The van der Waals surface area contributed by atoms with Gasteiger partial charge in [0.15, 0.2) is 11.3 Å². The molecule has 0 spiro atoms. The molecule has 7 rings (SSSR count). The number of aryl methyl sites for hydroxylation is 1. The van der Waals surface area contributed by atoms with Gasteiger partial charge in [-0.05, 0) is 56.5 Å². The van der Waals surface area contributed by atoms with Crippen LogP contribution in [0.2, 0.25) is 0 Å². The van der Waals surface area contributed by atoms with E-state index in [1.807, 2.05) is 19.1 Å². The van der Waals surface area contributed by atoms with Crippen LogP contribution in [0.15, 0.2) is 53.1 Å². The lowest BCUT2D eigenvalue weighted by molar-refractivity contribution is -0.149. The predicted molar refractivity (Wildman–Crippen MR) is 179 cm³/mol. The number of amides is 4. The Bertz CT molecular complexity index is 2040. The van der Waals surface area contributed by atoms with E-state index in [4.69, 9.17) is 9.26 Å². The predicted octanol–water partition coefficient (Wildman–Crippen LogP) is 2.23. The number of ether oxygens (including phenoxy) is 1. The van der Waals surface area contributed by atoms with E-state index in [1.165, 1.54) is 17.0 Å². The molecule has 3 saturated heterocycles. The van der Waals surface area contributed by atoms with Crippen LogP contribution in [-0.2, 0) is 25.1 Å². The molecule has 50 heavy (non-hydrogen) atoms. The Morgan fingerprint density at radius 3 is 2.54 bits per heavy atom. The summed E-state index contributed by atoms with van der Waals surface area (Å²) in [4.78, 5) is 84.1. The van der Waals surface area contributed by atoms with Crippen LogP contribution in [0.3, 0.4) is 0 Å². The summed E-state index contributed by atoms with van der Waals surface area (Å²) in [5.74, 6) is -1.68. The van der Waals surface area contributed by atoms with Crippen LogP contribution in [0.5, 0.6) is 0 Å². The van der Waals surface area contributed by atoms with E-state index in [9.17, 15) is 33.5 Å². The second-order valence-electron chi connectivity index (χ2n) is 13.1. The second kappa shape index (κ2) is 13.6. The van der Waals surface area contributed by atoms with Gasteiger partial charge >= 0.3 is 7.60 Å². The Labute approximate surface area is 286 Å². The van der Waals surface area contributed by atoms with Gasteiger partial charge in [-0.15, -0.1) is 0 Å². The minimum absolute atomic E-state index is 0.108. The van der Waals surface area contributed by atoms with Gasteiger partial charge in [0.2, 0.25) is 11.8 Å². The zero-order valence-electron chi connectivity index (χ0n) is 27.4. The van der Waals surface area contributed by atoms with Crippen LogP contribution in [0, 0.1) is 6.92 Å². The maximum Gasteiger partial charge on any atom is 0.331 e. The lowest BCUT2D eigenvalue weighted by Gasteiger charge is -2.40. The Balaban J connectivity index is 1.20. The van der Waals surface area contributed by atoms with Crippen molar-refractivity contribution in [3.8, 4) is 0 Å². The van der Waals surface area contributed by atoms with Gasteiger partial charge in [-0.2, -0.15) is 0 Å². The number of rotatable bonds is 6. The molecule has 4 aromatic rings. The van der Waals surface area contributed by atoms with Crippen molar-refractivity contribution in [2.24, 2.45) is 0 Å². The highest BCUT2D eigenvalue weighted by Gasteiger charge is 2.47. The van der Waals surface area contributed by atoms with Gasteiger partial charge in [-0.3, -0.25) is 28.7 Å². The largest absolute Gasteiger partial charge is 0.378 e. The third-order valence-corrected chi connectivity index (χ3v) is 10.3. The number of carbonyl (C=O) groups excluding carboxylic acids is 4. The van der Waals surface area contributed by atoms with Crippen molar-refractivity contribution in [3.63, 3.8) is 0 Å². The molecule has 3 N–H and O–H groups in total. The van der Waals surface area contributed by atoms with E-state index < -0.39 is 43.6 Å². The fraction of sp³-hybridized carbons (Fsp3) is 0.412. The van der Waals surface area contributed by atoms with Crippen LogP contribution in [-0.4, -0.2) is 116 Å². The molecule has 0 unspecified atom stereocenters. The van der Waals surface area contributed by atoms with Gasteiger partial charge in [0.05, 0.1) is 42.5 Å². The van der Waals surface area contributed by atoms with Gasteiger partial charge in [0.1, 0.15) is 12.1 Å². The van der Waals surface area contributed by atoms with Crippen molar-refractivity contribution in [2.75, 3.05) is 39.4 Å². The number of carbonyl (C=O) groups is 4. The normalized spacial score (nSPS) is 21.6. The smallest absolute Gasteiger partial charge is 0.331 e. The lowest BCUT2D eigenvalue weighted by atomic mass is 10.0. The molecule has 2 aromatic heterocycles. The molecule has 16 heteroatoms. The first-order chi connectivity index (χ1) is 23.9. The molecule has 15 nitrogen and oxygen atoms in total. The standard InChI is InChI=1S/C34H37N6O9P/c1-20-2-9-29-25(16-20)30(37-49-29)34(44)39-11-10-24-7-8-28(33(43)38-12-14-48-15-13-38)40(24)32(42)27(18-39)36-31(41)22-4-3-21-5-6-23(19-50(45,46)47)35-26(21)17-22/h2-6,9,16-17,24,27-28H,7-8,10-15,18-19H2,1H3,(H,36,41)(H2,45,46,47)/t24-,27+,28+/m1/s1. The Kier molecular flexibility index (Phi) is 9.16. The van der Waals surface area contributed by atoms with Crippen molar-refractivity contribution in [1.82, 2.24) is 30.2 Å². The van der Waals surface area contributed by atoms with Crippen molar-refractivity contribution >= 4 is 53.1 Å². The number of benzene rings is 2. The van der Waals surface area contributed by atoms with Crippen molar-refractivity contribution in [1.29, 1.82) is 0 Å². The molecular weight excluding hydrogens is 667 g/mol. The van der Waals surface area contributed by atoms with E-state index >= 15 is 0 Å². The van der Waals surface area contributed by atoms with E-state index in [0.29, 0.717) is 67.4 Å². The topological polar surface area (TPSA) is 196 Å². The van der Waals surface area contributed by atoms with E-state index in [1.54, 1.807) is 34.1 Å². The zero-order valence-corrected chi connectivity index (χ0v) is 28.3. The first kappa shape index (κ1) is 33.8. The molecule has 3 aliphatic heterocycles. The summed E-state index contributed by atoms with van der Waals surface area (Å²) in [6, 6.07) is 11.0. The molecule has 0 aliphatic carbocycles. The maximum absolute atomic E-state index is 14.5. The number of nitrogens with one attached hydrogen (secondary N) is 1. The highest BCUT2D eigenvalue weighted by atomic mass is 31.2. The van der Waals surface area contributed by atoms with Gasteiger partial charge in [-0.1, -0.05) is 28.9 Å². The van der Waals surface area contributed by atoms with Gasteiger partial charge in [0.25, 0.3) is 11.8 Å². The highest BCUT2D eigenvalue weighted by molar-refractivity contribution is 7.50. The number of hydrogen-bond acceptors (Lipinski definition) is 9.